The van der Waals surface area contributed by atoms with E-state index < -0.39 is 16.1 Å². The number of nitrogens with one attached hydrogen (secondary N) is 2. The van der Waals surface area contributed by atoms with Crippen molar-refractivity contribution in [3.8, 4) is 0 Å². The molecule has 3 fully saturated rings. The van der Waals surface area contributed by atoms with E-state index in [0.717, 1.165) is 19.3 Å². The molecule has 3 atom stereocenters. The Bertz CT molecular complexity index is 662. The Balaban J connectivity index is 1.73. The highest BCUT2D eigenvalue weighted by molar-refractivity contribution is 7.88. The van der Waals surface area contributed by atoms with Gasteiger partial charge < -0.3 is 10.2 Å². The minimum atomic E-state index is -3.32. The number of fused-ring (bicyclic) bond motifs is 1. The van der Waals surface area contributed by atoms with Gasteiger partial charge in [-0.25, -0.2) is 13.1 Å². The van der Waals surface area contributed by atoms with E-state index in [0.29, 0.717) is 25.4 Å². The summed E-state index contributed by atoms with van der Waals surface area (Å²) in [5, 5.41) is 2.80. The summed E-state index contributed by atoms with van der Waals surface area (Å²) < 4.78 is 25.8. The molecule has 1 saturated carbocycles. The lowest BCUT2D eigenvalue weighted by Gasteiger charge is -2.31. The molecule has 8 nitrogen and oxygen atoms in total. The number of rotatable bonds is 5. The number of hydrogen-bond acceptors (Lipinski definition) is 5. The average Bonchev–Trinajstić information content (AvgIpc) is 2.89. The molecule has 2 N–H and O–H groups in total. The van der Waals surface area contributed by atoms with Gasteiger partial charge in [-0.1, -0.05) is 19.3 Å². The maximum Gasteiger partial charge on any atom is 0.246 e. The standard InChI is InChI=1S/C18H32N4O4S/c1-13(23)19-17-12-21(9-14-6-4-3-5-7-14)11-16-8-15(20-27(2,25)26)10-22(16)18(17)24/h14-17,20H,3-12H2,1-2H3,(H,19,23)/t15-,16-,17-/m0/s1. The van der Waals surface area contributed by atoms with Crippen LogP contribution in [0.25, 0.3) is 0 Å². The van der Waals surface area contributed by atoms with Gasteiger partial charge in [0.2, 0.25) is 21.8 Å². The van der Waals surface area contributed by atoms with Crippen LogP contribution in [0.15, 0.2) is 0 Å². The maximum atomic E-state index is 13.0. The molecule has 2 amide bonds. The average molecular weight is 401 g/mol. The SMILES string of the molecule is CC(=O)N[C@H]1CN(CC2CCCCC2)C[C@@H]2C[C@H](NS(C)(=O)=O)CN2C1=O. The molecule has 0 spiro atoms. The van der Waals surface area contributed by atoms with Crippen molar-refractivity contribution in [2.24, 2.45) is 5.92 Å². The van der Waals surface area contributed by atoms with Gasteiger partial charge in [0.05, 0.1) is 6.26 Å². The Labute approximate surface area is 162 Å². The number of sulfonamides is 1. The molecule has 1 aliphatic carbocycles. The minimum absolute atomic E-state index is 0.0147. The van der Waals surface area contributed by atoms with Crippen LogP contribution in [-0.2, 0) is 19.6 Å². The molecule has 0 aromatic rings. The zero-order chi connectivity index (χ0) is 19.6. The number of nitrogens with zero attached hydrogens (tertiary/aromatic N) is 2. The third-order valence-corrected chi connectivity index (χ3v) is 6.67. The lowest BCUT2D eigenvalue weighted by molar-refractivity contribution is -0.135. The monoisotopic (exact) mass is 400 g/mol. The van der Waals surface area contributed by atoms with Crippen molar-refractivity contribution in [2.45, 2.75) is 63.6 Å². The van der Waals surface area contributed by atoms with E-state index in [1.807, 2.05) is 0 Å². The quantitative estimate of drug-likeness (QED) is 0.672. The van der Waals surface area contributed by atoms with Crippen molar-refractivity contribution in [1.82, 2.24) is 19.8 Å². The van der Waals surface area contributed by atoms with E-state index in [9.17, 15) is 18.0 Å². The van der Waals surface area contributed by atoms with Gasteiger partial charge in [-0.2, -0.15) is 0 Å². The smallest absolute Gasteiger partial charge is 0.246 e. The molecule has 2 heterocycles. The van der Waals surface area contributed by atoms with Crippen LogP contribution in [0.3, 0.4) is 0 Å². The summed E-state index contributed by atoms with van der Waals surface area (Å²) in [5.74, 6) is 0.332. The Morgan fingerprint density at radius 1 is 1.15 bits per heavy atom. The zero-order valence-electron chi connectivity index (χ0n) is 16.3. The highest BCUT2D eigenvalue weighted by Gasteiger charge is 2.43. The molecule has 2 saturated heterocycles. The largest absolute Gasteiger partial charge is 0.343 e. The first-order valence-electron chi connectivity index (χ1n) is 9.98. The van der Waals surface area contributed by atoms with Crippen molar-refractivity contribution < 1.29 is 18.0 Å². The van der Waals surface area contributed by atoms with Crippen LogP contribution in [-0.4, -0.2) is 80.6 Å². The topological polar surface area (TPSA) is 98.8 Å². The van der Waals surface area contributed by atoms with E-state index in [1.54, 1.807) is 4.90 Å². The molecule has 2 aliphatic heterocycles. The summed E-state index contributed by atoms with van der Waals surface area (Å²) >= 11 is 0. The molecule has 3 rings (SSSR count). The van der Waals surface area contributed by atoms with Gasteiger partial charge in [-0.15, -0.1) is 0 Å². The Kier molecular flexibility index (Phi) is 6.43. The van der Waals surface area contributed by atoms with Crippen LogP contribution in [0.1, 0.15) is 45.4 Å². The van der Waals surface area contributed by atoms with E-state index in [1.165, 1.54) is 39.0 Å². The van der Waals surface area contributed by atoms with E-state index >= 15 is 0 Å². The van der Waals surface area contributed by atoms with Gasteiger partial charge in [0.15, 0.2) is 0 Å². The number of carbonyl (C=O) groups is 2. The predicted molar refractivity (Wildman–Crippen MR) is 103 cm³/mol. The van der Waals surface area contributed by atoms with Crippen LogP contribution in [0.5, 0.6) is 0 Å². The molecule has 0 aromatic heterocycles. The second-order valence-electron chi connectivity index (χ2n) is 8.44. The highest BCUT2D eigenvalue weighted by atomic mass is 32.2. The third-order valence-electron chi connectivity index (χ3n) is 5.90. The molecular formula is C18H32N4O4S. The zero-order valence-corrected chi connectivity index (χ0v) is 17.1. The first-order valence-corrected chi connectivity index (χ1v) is 11.9. The van der Waals surface area contributed by atoms with Crippen LogP contribution in [0, 0.1) is 5.92 Å². The van der Waals surface area contributed by atoms with E-state index in [-0.39, 0.29) is 23.9 Å². The van der Waals surface area contributed by atoms with Gasteiger partial charge in [-0.3, -0.25) is 14.5 Å². The third kappa shape index (κ3) is 5.65. The van der Waals surface area contributed by atoms with Crippen LogP contribution >= 0.6 is 0 Å². The summed E-state index contributed by atoms with van der Waals surface area (Å²) in [6.45, 7) is 4.01. The molecule has 9 heteroatoms. The van der Waals surface area contributed by atoms with Crippen LogP contribution < -0.4 is 10.0 Å². The highest BCUT2D eigenvalue weighted by Crippen LogP contribution is 2.28. The molecule has 0 bridgehead atoms. The van der Waals surface area contributed by atoms with Gasteiger partial charge >= 0.3 is 0 Å². The fourth-order valence-electron chi connectivity index (χ4n) is 4.89. The lowest BCUT2D eigenvalue weighted by atomic mass is 9.89. The molecule has 154 valence electrons. The Morgan fingerprint density at radius 3 is 2.48 bits per heavy atom. The molecule has 0 aromatic carbocycles. The van der Waals surface area contributed by atoms with E-state index in [2.05, 4.69) is 14.9 Å². The molecule has 27 heavy (non-hydrogen) atoms. The van der Waals surface area contributed by atoms with Gasteiger partial charge in [0, 0.05) is 45.2 Å². The normalized spacial score (nSPS) is 30.8. The summed E-state index contributed by atoms with van der Waals surface area (Å²) in [6.07, 6.45) is 8.05. The van der Waals surface area contributed by atoms with Crippen LogP contribution in [0.4, 0.5) is 0 Å². The summed E-state index contributed by atoms with van der Waals surface area (Å²) in [7, 11) is -3.32. The number of carbonyl (C=O) groups excluding carboxylic acids is 2. The predicted octanol–water partition coefficient (Wildman–Crippen LogP) is -0.0943. The number of hydrogen-bond donors (Lipinski definition) is 2. The van der Waals surface area contributed by atoms with Crippen molar-refractivity contribution in [3.05, 3.63) is 0 Å². The Morgan fingerprint density at radius 2 is 1.85 bits per heavy atom. The first-order chi connectivity index (χ1) is 12.7. The van der Waals surface area contributed by atoms with Crippen molar-refractivity contribution >= 4 is 21.8 Å². The summed E-state index contributed by atoms with van der Waals surface area (Å²) in [5.41, 5.74) is 0. The molecular weight excluding hydrogens is 368 g/mol. The fraction of sp³-hybridized carbons (Fsp3) is 0.889. The van der Waals surface area contributed by atoms with Gasteiger partial charge in [0.1, 0.15) is 6.04 Å². The number of amides is 2. The summed E-state index contributed by atoms with van der Waals surface area (Å²) in [6, 6.07) is -0.839. The first kappa shape index (κ1) is 20.5. The van der Waals surface area contributed by atoms with Crippen molar-refractivity contribution in [2.75, 3.05) is 32.4 Å². The second-order valence-corrected chi connectivity index (χ2v) is 10.2. The van der Waals surface area contributed by atoms with Gasteiger partial charge in [-0.05, 0) is 25.2 Å². The van der Waals surface area contributed by atoms with Crippen LogP contribution in [0.2, 0.25) is 0 Å². The Hall–Kier alpha value is -1.19. The van der Waals surface area contributed by atoms with Crippen molar-refractivity contribution in [3.63, 3.8) is 0 Å². The van der Waals surface area contributed by atoms with Gasteiger partial charge in [0.25, 0.3) is 0 Å². The van der Waals surface area contributed by atoms with E-state index in [4.69, 9.17) is 0 Å². The lowest BCUT2D eigenvalue weighted by Crippen LogP contribution is -2.51. The second kappa shape index (κ2) is 8.45. The fourth-order valence-corrected chi connectivity index (χ4v) is 5.67. The molecule has 0 unspecified atom stereocenters. The maximum absolute atomic E-state index is 13.0. The van der Waals surface area contributed by atoms with Crippen molar-refractivity contribution in [1.29, 1.82) is 0 Å². The molecule has 3 aliphatic rings. The minimum Gasteiger partial charge on any atom is -0.343 e. The molecule has 0 radical (unpaired) electrons. The summed E-state index contributed by atoms with van der Waals surface area (Å²) in [4.78, 5) is 28.7.